The van der Waals surface area contributed by atoms with Crippen molar-refractivity contribution < 1.29 is 0 Å². The van der Waals surface area contributed by atoms with E-state index >= 15 is 0 Å². The first-order valence-electron chi connectivity index (χ1n) is 6.00. The van der Waals surface area contributed by atoms with Crippen molar-refractivity contribution in [1.82, 2.24) is 4.90 Å². The summed E-state index contributed by atoms with van der Waals surface area (Å²) in [5.74, 6) is 1.62. The lowest BCUT2D eigenvalue weighted by molar-refractivity contribution is 0.458. The van der Waals surface area contributed by atoms with Crippen molar-refractivity contribution in [2.75, 3.05) is 25.4 Å². The monoisotopic (exact) mass is 379 g/mol. The summed E-state index contributed by atoms with van der Waals surface area (Å²) in [6.07, 6.45) is 0. The van der Waals surface area contributed by atoms with Crippen molar-refractivity contribution in [3.05, 3.63) is 30.3 Å². The Labute approximate surface area is 131 Å². The highest BCUT2D eigenvalue weighted by atomic mass is 127. The van der Waals surface area contributed by atoms with E-state index in [2.05, 4.69) is 48.0 Å². The Morgan fingerprint density at radius 2 is 1.83 bits per heavy atom. The highest BCUT2D eigenvalue weighted by molar-refractivity contribution is 14.0. The number of rotatable bonds is 6. The van der Waals surface area contributed by atoms with E-state index < -0.39 is 0 Å². The minimum absolute atomic E-state index is 0. The van der Waals surface area contributed by atoms with Gasteiger partial charge in [0.1, 0.15) is 0 Å². The third kappa shape index (κ3) is 6.49. The molecule has 0 aromatic heterocycles. The minimum atomic E-state index is 0. The third-order valence-electron chi connectivity index (χ3n) is 2.46. The lowest BCUT2D eigenvalue weighted by Crippen LogP contribution is -2.37. The molecule has 18 heavy (non-hydrogen) atoms. The van der Waals surface area contributed by atoms with E-state index in [-0.39, 0.29) is 24.0 Å². The fourth-order valence-electron chi connectivity index (χ4n) is 1.49. The Bertz CT molecular complexity index is 339. The maximum Gasteiger partial charge on any atom is 0.191 e. The van der Waals surface area contributed by atoms with Crippen LogP contribution in [-0.4, -0.2) is 36.2 Å². The molecule has 0 bridgehead atoms. The SMILES string of the molecule is CCN(CC)C(N)=NCCSc1ccccc1.I. The van der Waals surface area contributed by atoms with Crippen molar-refractivity contribution >= 4 is 41.7 Å². The van der Waals surface area contributed by atoms with Gasteiger partial charge in [-0.05, 0) is 26.0 Å². The molecule has 1 aromatic rings. The van der Waals surface area contributed by atoms with Gasteiger partial charge in [-0.3, -0.25) is 4.99 Å². The quantitative estimate of drug-likeness (QED) is 0.272. The molecule has 0 atom stereocenters. The van der Waals surface area contributed by atoms with Gasteiger partial charge in [0.2, 0.25) is 0 Å². The molecular formula is C13H22IN3S. The van der Waals surface area contributed by atoms with Crippen LogP contribution in [0.2, 0.25) is 0 Å². The van der Waals surface area contributed by atoms with E-state index in [0.29, 0.717) is 5.96 Å². The van der Waals surface area contributed by atoms with Crippen LogP contribution in [-0.2, 0) is 0 Å². The molecule has 0 radical (unpaired) electrons. The van der Waals surface area contributed by atoms with Gasteiger partial charge in [0.25, 0.3) is 0 Å². The Balaban J connectivity index is 0.00000289. The maximum atomic E-state index is 5.89. The summed E-state index contributed by atoms with van der Waals surface area (Å²) in [7, 11) is 0. The second-order valence-electron chi connectivity index (χ2n) is 3.57. The van der Waals surface area contributed by atoms with Gasteiger partial charge in [0.05, 0.1) is 6.54 Å². The first-order valence-corrected chi connectivity index (χ1v) is 6.99. The predicted molar refractivity (Wildman–Crippen MR) is 92.0 cm³/mol. The van der Waals surface area contributed by atoms with Crippen LogP contribution in [0.3, 0.4) is 0 Å². The van der Waals surface area contributed by atoms with E-state index in [1.807, 2.05) is 17.8 Å². The topological polar surface area (TPSA) is 41.6 Å². The first-order chi connectivity index (χ1) is 8.27. The van der Waals surface area contributed by atoms with Crippen LogP contribution in [0.4, 0.5) is 0 Å². The average molecular weight is 379 g/mol. The number of hydrogen-bond acceptors (Lipinski definition) is 2. The Hall–Kier alpha value is -0.430. The summed E-state index contributed by atoms with van der Waals surface area (Å²) in [6, 6.07) is 10.4. The van der Waals surface area contributed by atoms with Gasteiger partial charge in [-0.25, -0.2) is 0 Å². The van der Waals surface area contributed by atoms with E-state index in [1.165, 1.54) is 4.90 Å². The number of nitrogens with two attached hydrogens (primary N) is 1. The zero-order valence-electron chi connectivity index (χ0n) is 11.0. The van der Waals surface area contributed by atoms with Crippen LogP contribution in [0.15, 0.2) is 40.2 Å². The van der Waals surface area contributed by atoms with E-state index in [4.69, 9.17) is 5.73 Å². The van der Waals surface area contributed by atoms with Crippen LogP contribution in [0, 0.1) is 0 Å². The number of nitrogens with zero attached hydrogens (tertiary/aromatic N) is 2. The highest BCUT2D eigenvalue weighted by Crippen LogP contribution is 2.16. The van der Waals surface area contributed by atoms with E-state index in [0.717, 1.165) is 25.4 Å². The lowest BCUT2D eigenvalue weighted by Gasteiger charge is -2.19. The van der Waals surface area contributed by atoms with Crippen molar-refractivity contribution in [1.29, 1.82) is 0 Å². The average Bonchev–Trinajstić information content (AvgIpc) is 2.37. The number of halogens is 1. The molecule has 0 aliphatic carbocycles. The number of thioether (sulfide) groups is 1. The van der Waals surface area contributed by atoms with Gasteiger partial charge in [-0.15, -0.1) is 35.7 Å². The largest absolute Gasteiger partial charge is 0.370 e. The minimum Gasteiger partial charge on any atom is -0.370 e. The maximum absolute atomic E-state index is 5.89. The smallest absolute Gasteiger partial charge is 0.191 e. The molecule has 1 rings (SSSR count). The molecule has 0 aliphatic rings. The number of guanidine groups is 1. The molecule has 102 valence electrons. The second-order valence-corrected chi connectivity index (χ2v) is 4.74. The molecule has 0 amide bonds. The number of aliphatic imine (C=N–C) groups is 1. The summed E-state index contributed by atoms with van der Waals surface area (Å²) < 4.78 is 0. The molecule has 0 fully saturated rings. The van der Waals surface area contributed by atoms with Crippen molar-refractivity contribution in [3.8, 4) is 0 Å². The van der Waals surface area contributed by atoms with Crippen LogP contribution in [0.1, 0.15) is 13.8 Å². The van der Waals surface area contributed by atoms with Crippen molar-refractivity contribution in [2.45, 2.75) is 18.7 Å². The van der Waals surface area contributed by atoms with Crippen molar-refractivity contribution in [3.63, 3.8) is 0 Å². The molecule has 3 nitrogen and oxygen atoms in total. The Morgan fingerprint density at radius 1 is 1.22 bits per heavy atom. The van der Waals surface area contributed by atoms with Gasteiger partial charge >= 0.3 is 0 Å². The molecule has 1 aromatic carbocycles. The number of benzene rings is 1. The molecule has 5 heteroatoms. The lowest BCUT2D eigenvalue weighted by atomic mass is 10.4. The second kappa shape index (κ2) is 10.5. The van der Waals surface area contributed by atoms with E-state index in [1.54, 1.807) is 0 Å². The normalized spacial score (nSPS) is 10.9. The summed E-state index contributed by atoms with van der Waals surface area (Å²) in [4.78, 5) is 7.73. The molecular weight excluding hydrogens is 357 g/mol. The van der Waals surface area contributed by atoms with Crippen LogP contribution in [0.5, 0.6) is 0 Å². The van der Waals surface area contributed by atoms with Crippen LogP contribution < -0.4 is 5.73 Å². The summed E-state index contributed by atoms with van der Waals surface area (Å²) in [5, 5.41) is 0. The van der Waals surface area contributed by atoms with Crippen LogP contribution in [0.25, 0.3) is 0 Å². The molecule has 0 spiro atoms. The zero-order chi connectivity index (χ0) is 12.5. The zero-order valence-corrected chi connectivity index (χ0v) is 14.2. The first kappa shape index (κ1) is 17.6. The standard InChI is InChI=1S/C13H21N3S.HI/c1-3-16(4-2)13(14)15-10-11-17-12-8-6-5-7-9-12;/h5-9H,3-4,10-11H2,1-2H3,(H2,14,15);1H. The molecule has 2 N–H and O–H groups in total. The fourth-order valence-corrected chi connectivity index (χ4v) is 2.26. The highest BCUT2D eigenvalue weighted by Gasteiger charge is 2.00. The molecule has 0 unspecified atom stereocenters. The fraction of sp³-hybridized carbons (Fsp3) is 0.462. The molecule has 0 heterocycles. The van der Waals surface area contributed by atoms with Gasteiger partial charge in [-0.1, -0.05) is 18.2 Å². The Kier molecular flexibility index (Phi) is 10.2. The van der Waals surface area contributed by atoms with Gasteiger partial charge < -0.3 is 10.6 Å². The molecule has 0 aliphatic heterocycles. The summed E-state index contributed by atoms with van der Waals surface area (Å²) >= 11 is 1.81. The van der Waals surface area contributed by atoms with Gasteiger partial charge in [0, 0.05) is 23.7 Å². The van der Waals surface area contributed by atoms with Crippen molar-refractivity contribution in [2.24, 2.45) is 10.7 Å². The third-order valence-corrected chi connectivity index (χ3v) is 3.46. The predicted octanol–water partition coefficient (Wildman–Crippen LogP) is 3.05. The van der Waals surface area contributed by atoms with Crippen LogP contribution >= 0.6 is 35.7 Å². The molecule has 0 saturated heterocycles. The Morgan fingerprint density at radius 3 is 2.39 bits per heavy atom. The summed E-state index contributed by atoms with van der Waals surface area (Å²) in [6.45, 7) is 6.77. The van der Waals surface area contributed by atoms with Gasteiger partial charge in [-0.2, -0.15) is 0 Å². The van der Waals surface area contributed by atoms with Gasteiger partial charge in [0.15, 0.2) is 5.96 Å². The molecule has 0 saturated carbocycles. The summed E-state index contributed by atoms with van der Waals surface area (Å²) in [5.41, 5.74) is 5.89. The number of hydrogen-bond donors (Lipinski definition) is 1. The van der Waals surface area contributed by atoms with E-state index in [9.17, 15) is 0 Å².